The quantitative estimate of drug-likeness (QED) is 0.224. The Labute approximate surface area is 227 Å². The SMILES string of the molecule is c1ccc2c(c1)oc1c(-c3cccc4sc5c(-n6c7ccccc7c7ccccc76)cccc5c34)cccc12. The minimum Gasteiger partial charge on any atom is -0.455 e. The van der Waals surface area contributed by atoms with Crippen LogP contribution in [-0.2, 0) is 0 Å². The summed E-state index contributed by atoms with van der Waals surface area (Å²) >= 11 is 1.87. The van der Waals surface area contributed by atoms with Crippen LogP contribution in [0.1, 0.15) is 0 Å². The summed E-state index contributed by atoms with van der Waals surface area (Å²) in [7, 11) is 0. The molecule has 0 bridgehead atoms. The number of nitrogens with zero attached hydrogens (tertiary/aromatic N) is 1. The zero-order chi connectivity index (χ0) is 25.5. The first kappa shape index (κ1) is 21.1. The van der Waals surface area contributed by atoms with E-state index < -0.39 is 0 Å². The lowest BCUT2D eigenvalue weighted by molar-refractivity contribution is 0.670. The molecule has 6 aromatic carbocycles. The molecule has 3 heteroatoms. The number of thiophene rings is 1. The van der Waals surface area contributed by atoms with E-state index in [2.05, 4.69) is 126 Å². The van der Waals surface area contributed by atoms with Crippen molar-refractivity contribution in [2.75, 3.05) is 0 Å². The highest BCUT2D eigenvalue weighted by Crippen LogP contribution is 2.46. The number of furan rings is 1. The molecule has 0 fully saturated rings. The molecule has 0 saturated heterocycles. The van der Waals surface area contributed by atoms with Crippen molar-refractivity contribution in [2.45, 2.75) is 0 Å². The Morgan fingerprint density at radius 2 is 1.10 bits per heavy atom. The van der Waals surface area contributed by atoms with Crippen molar-refractivity contribution < 1.29 is 4.42 Å². The van der Waals surface area contributed by atoms with E-state index in [1.165, 1.54) is 53.2 Å². The summed E-state index contributed by atoms with van der Waals surface area (Å²) in [5, 5.41) is 7.44. The third-order valence-corrected chi connectivity index (χ3v) is 9.21. The van der Waals surface area contributed by atoms with Gasteiger partial charge in [0, 0.05) is 42.6 Å². The van der Waals surface area contributed by atoms with Crippen molar-refractivity contribution in [3.8, 4) is 16.8 Å². The maximum atomic E-state index is 6.45. The first-order chi connectivity index (χ1) is 19.4. The van der Waals surface area contributed by atoms with Crippen LogP contribution in [-0.4, -0.2) is 4.57 Å². The fraction of sp³-hybridized carbons (Fsp3) is 0. The van der Waals surface area contributed by atoms with Crippen LogP contribution in [0.25, 0.3) is 80.7 Å². The van der Waals surface area contributed by atoms with Gasteiger partial charge >= 0.3 is 0 Å². The van der Waals surface area contributed by atoms with Gasteiger partial charge in [0.05, 0.1) is 21.4 Å². The molecule has 2 nitrogen and oxygen atoms in total. The molecule has 0 unspecified atom stereocenters. The molecular weight excluding hydrogens is 494 g/mol. The maximum absolute atomic E-state index is 6.45. The molecule has 39 heavy (non-hydrogen) atoms. The lowest BCUT2D eigenvalue weighted by Gasteiger charge is -2.10. The fourth-order valence-corrected chi connectivity index (χ4v) is 7.61. The van der Waals surface area contributed by atoms with E-state index in [9.17, 15) is 0 Å². The zero-order valence-electron chi connectivity index (χ0n) is 20.9. The van der Waals surface area contributed by atoms with E-state index in [0.717, 1.165) is 27.5 Å². The van der Waals surface area contributed by atoms with Gasteiger partial charge in [0.2, 0.25) is 0 Å². The molecule has 0 aliphatic heterocycles. The molecule has 0 saturated carbocycles. The van der Waals surface area contributed by atoms with Gasteiger partial charge in [-0.25, -0.2) is 0 Å². The van der Waals surface area contributed by atoms with E-state index in [-0.39, 0.29) is 0 Å². The molecule has 182 valence electrons. The van der Waals surface area contributed by atoms with Crippen molar-refractivity contribution >= 4 is 75.3 Å². The average molecular weight is 516 g/mol. The summed E-state index contributed by atoms with van der Waals surface area (Å²) in [4.78, 5) is 0. The molecule has 9 aromatic rings. The van der Waals surface area contributed by atoms with Crippen LogP contribution in [0.3, 0.4) is 0 Å². The average Bonchev–Trinajstić information content (AvgIpc) is 3.67. The first-order valence-electron chi connectivity index (χ1n) is 13.2. The standard InChI is InChI=1S/C36H21NOS/c1-4-17-29-22(10-1)23-11-2-5-18-30(23)37(29)31-19-8-16-28-34-25(13-9-21-33(34)39-36(28)31)27-15-7-14-26-24-12-3-6-20-32(24)38-35(26)27/h1-21H. The van der Waals surface area contributed by atoms with Crippen LogP contribution in [0.5, 0.6) is 0 Å². The van der Waals surface area contributed by atoms with E-state index in [0.29, 0.717) is 0 Å². The molecule has 0 spiro atoms. The van der Waals surface area contributed by atoms with Gasteiger partial charge in [-0.2, -0.15) is 0 Å². The molecule has 3 aromatic heterocycles. The number of rotatable bonds is 2. The Balaban J connectivity index is 1.38. The second-order valence-corrected chi connectivity index (χ2v) is 11.1. The van der Waals surface area contributed by atoms with Crippen molar-refractivity contribution in [1.29, 1.82) is 0 Å². The van der Waals surface area contributed by atoms with Gasteiger partial charge in [0.15, 0.2) is 0 Å². The minimum atomic E-state index is 0.927. The Bertz CT molecular complexity index is 2350. The molecule has 0 amide bonds. The van der Waals surface area contributed by atoms with Gasteiger partial charge in [-0.05, 0) is 35.9 Å². The molecular formula is C36H21NOS. The second-order valence-electron chi connectivity index (χ2n) is 10.1. The van der Waals surface area contributed by atoms with Gasteiger partial charge in [-0.1, -0.05) is 97.1 Å². The van der Waals surface area contributed by atoms with Gasteiger partial charge in [-0.3, -0.25) is 0 Å². The predicted molar refractivity (Wildman–Crippen MR) is 166 cm³/mol. The van der Waals surface area contributed by atoms with Crippen LogP contribution < -0.4 is 0 Å². The van der Waals surface area contributed by atoms with Crippen LogP contribution >= 0.6 is 11.3 Å². The smallest absolute Gasteiger partial charge is 0.143 e. The second kappa shape index (κ2) is 7.83. The maximum Gasteiger partial charge on any atom is 0.143 e. The van der Waals surface area contributed by atoms with Gasteiger partial charge < -0.3 is 8.98 Å². The lowest BCUT2D eigenvalue weighted by Crippen LogP contribution is -1.93. The number of hydrogen-bond donors (Lipinski definition) is 0. The Morgan fingerprint density at radius 3 is 1.92 bits per heavy atom. The molecule has 3 heterocycles. The Hall–Kier alpha value is -4.86. The van der Waals surface area contributed by atoms with Gasteiger partial charge in [-0.15, -0.1) is 11.3 Å². The summed E-state index contributed by atoms with van der Waals surface area (Å²) in [6, 6.07) is 45.7. The number of benzene rings is 6. The van der Waals surface area contributed by atoms with Gasteiger partial charge in [0.25, 0.3) is 0 Å². The number of hydrogen-bond acceptors (Lipinski definition) is 2. The number of para-hydroxylation sites is 4. The minimum absolute atomic E-state index is 0.927. The molecule has 0 N–H and O–H groups in total. The summed E-state index contributed by atoms with van der Waals surface area (Å²) < 4.78 is 11.5. The van der Waals surface area contributed by atoms with E-state index in [4.69, 9.17) is 4.42 Å². The normalized spacial score (nSPS) is 12.1. The lowest BCUT2D eigenvalue weighted by atomic mass is 9.97. The molecule has 0 radical (unpaired) electrons. The number of aromatic nitrogens is 1. The number of fused-ring (bicyclic) bond motifs is 9. The first-order valence-corrected chi connectivity index (χ1v) is 14.0. The van der Waals surface area contributed by atoms with Crippen LogP contribution in [0.2, 0.25) is 0 Å². The topological polar surface area (TPSA) is 18.1 Å². The van der Waals surface area contributed by atoms with Gasteiger partial charge in [0.1, 0.15) is 11.2 Å². The molecule has 0 aliphatic carbocycles. The van der Waals surface area contributed by atoms with Crippen LogP contribution in [0.15, 0.2) is 132 Å². The summed E-state index contributed by atoms with van der Waals surface area (Å²) in [5.41, 5.74) is 7.91. The van der Waals surface area contributed by atoms with E-state index in [1.54, 1.807) is 0 Å². The highest BCUT2D eigenvalue weighted by atomic mass is 32.1. The third kappa shape index (κ3) is 2.85. The highest BCUT2D eigenvalue weighted by Gasteiger charge is 2.19. The van der Waals surface area contributed by atoms with Crippen molar-refractivity contribution in [3.63, 3.8) is 0 Å². The summed E-state index contributed by atoms with van der Waals surface area (Å²) in [5.74, 6) is 0. The van der Waals surface area contributed by atoms with Crippen LogP contribution in [0, 0.1) is 0 Å². The van der Waals surface area contributed by atoms with Crippen molar-refractivity contribution in [3.05, 3.63) is 127 Å². The monoisotopic (exact) mass is 515 g/mol. The van der Waals surface area contributed by atoms with Crippen molar-refractivity contribution in [1.82, 2.24) is 4.57 Å². The molecule has 0 atom stereocenters. The molecule has 9 rings (SSSR count). The Kier molecular flexibility index (Phi) is 4.24. The van der Waals surface area contributed by atoms with E-state index >= 15 is 0 Å². The van der Waals surface area contributed by atoms with Crippen LogP contribution in [0.4, 0.5) is 0 Å². The van der Waals surface area contributed by atoms with Crippen molar-refractivity contribution in [2.24, 2.45) is 0 Å². The molecule has 0 aliphatic rings. The largest absolute Gasteiger partial charge is 0.455 e. The summed E-state index contributed by atoms with van der Waals surface area (Å²) in [6.07, 6.45) is 0. The summed E-state index contributed by atoms with van der Waals surface area (Å²) in [6.45, 7) is 0. The third-order valence-electron chi connectivity index (χ3n) is 8.02. The fourth-order valence-electron chi connectivity index (χ4n) is 6.37. The Morgan fingerprint density at radius 1 is 0.487 bits per heavy atom. The highest BCUT2D eigenvalue weighted by molar-refractivity contribution is 7.26. The van der Waals surface area contributed by atoms with E-state index in [1.807, 2.05) is 17.4 Å². The predicted octanol–water partition coefficient (Wildman–Crippen LogP) is 10.7. The zero-order valence-corrected chi connectivity index (χ0v) is 21.7.